The van der Waals surface area contributed by atoms with Gasteiger partial charge in [0.2, 0.25) is 0 Å². The van der Waals surface area contributed by atoms with Crippen molar-refractivity contribution in [3.05, 3.63) is 16.8 Å². The first-order chi connectivity index (χ1) is 10.1. The molecule has 2 aromatic rings. The summed E-state index contributed by atoms with van der Waals surface area (Å²) >= 11 is 1.16. The zero-order valence-electron chi connectivity index (χ0n) is 11.7. The molecule has 2 atom stereocenters. The molecule has 112 valence electrons. The first kappa shape index (κ1) is 14.2. The third-order valence-corrected chi connectivity index (χ3v) is 5.26. The van der Waals surface area contributed by atoms with Gasteiger partial charge >= 0.3 is 5.97 Å². The molecule has 0 spiro atoms. The number of thiophene rings is 1. The number of aromatic carboxylic acids is 1. The molecule has 2 aromatic heterocycles. The second-order valence-corrected chi connectivity index (χ2v) is 6.40. The monoisotopic (exact) mass is 307 g/mol. The Morgan fingerprint density at radius 1 is 1.48 bits per heavy atom. The van der Waals surface area contributed by atoms with E-state index in [1.54, 1.807) is 6.92 Å². The highest BCUT2D eigenvalue weighted by Gasteiger charge is 2.25. The molecule has 7 heteroatoms. The largest absolute Gasteiger partial charge is 0.477 e. The van der Waals surface area contributed by atoms with Gasteiger partial charge in [0.25, 0.3) is 0 Å². The fourth-order valence-corrected chi connectivity index (χ4v) is 3.88. The highest BCUT2D eigenvalue weighted by molar-refractivity contribution is 7.20. The molecule has 3 rings (SSSR count). The number of carboxylic acid groups (broad SMARTS) is 1. The molecule has 0 amide bonds. The van der Waals surface area contributed by atoms with Gasteiger partial charge in [0.1, 0.15) is 21.9 Å². The molecule has 6 nitrogen and oxygen atoms in total. The number of rotatable bonds is 4. The summed E-state index contributed by atoms with van der Waals surface area (Å²) < 4.78 is 0. The average molecular weight is 307 g/mol. The maximum atomic E-state index is 11.2. The average Bonchev–Trinajstić information content (AvgIpc) is 3.01. The molecule has 0 saturated heterocycles. The number of fused-ring (bicyclic) bond motifs is 1. The maximum absolute atomic E-state index is 11.2. The molecule has 1 saturated carbocycles. The van der Waals surface area contributed by atoms with Gasteiger partial charge in [0.15, 0.2) is 0 Å². The quantitative estimate of drug-likeness (QED) is 0.802. The molecule has 2 heterocycles. The van der Waals surface area contributed by atoms with Crippen LogP contribution in [-0.4, -0.2) is 38.8 Å². The number of aryl methyl sites for hydroxylation is 1. The lowest BCUT2D eigenvalue weighted by Gasteiger charge is -2.15. The van der Waals surface area contributed by atoms with Crippen LogP contribution in [0, 0.1) is 12.8 Å². The summed E-state index contributed by atoms with van der Waals surface area (Å²) in [4.78, 5) is 20.6. The van der Waals surface area contributed by atoms with Crippen LogP contribution < -0.4 is 5.32 Å². The molecule has 0 aromatic carbocycles. The Hall–Kier alpha value is -1.73. The summed E-state index contributed by atoms with van der Waals surface area (Å²) in [6.45, 7) is 2.42. The van der Waals surface area contributed by atoms with Crippen molar-refractivity contribution in [2.24, 2.45) is 5.92 Å². The Morgan fingerprint density at radius 3 is 2.95 bits per heavy atom. The zero-order chi connectivity index (χ0) is 15.0. The Balaban J connectivity index is 1.89. The predicted molar refractivity (Wildman–Crippen MR) is 80.9 cm³/mol. The highest BCUT2D eigenvalue weighted by Crippen LogP contribution is 2.34. The van der Waals surface area contributed by atoms with Crippen molar-refractivity contribution in [1.82, 2.24) is 9.97 Å². The van der Waals surface area contributed by atoms with Crippen molar-refractivity contribution in [2.45, 2.75) is 32.3 Å². The van der Waals surface area contributed by atoms with Crippen LogP contribution >= 0.6 is 11.3 Å². The molecule has 0 aliphatic heterocycles. The number of aromatic nitrogens is 2. The summed E-state index contributed by atoms with van der Waals surface area (Å²) in [5.74, 6) is -0.0547. The van der Waals surface area contributed by atoms with Crippen LogP contribution in [0.5, 0.6) is 0 Å². The number of hydrogen-bond donors (Lipinski definition) is 3. The van der Waals surface area contributed by atoms with Gasteiger partial charge in [-0.1, -0.05) is 6.42 Å². The van der Waals surface area contributed by atoms with Crippen molar-refractivity contribution in [3.8, 4) is 0 Å². The smallest absolute Gasteiger partial charge is 0.346 e. The molecular weight excluding hydrogens is 290 g/mol. The fraction of sp³-hybridized carbons (Fsp3) is 0.500. The standard InChI is InChI=1S/C14H17N3O3S/c1-7-10-12(15-5-8-3-2-4-9(8)18)16-6-17-13(10)21-11(7)14(19)20/h6,8-9,18H,2-5H2,1H3,(H,19,20)(H,15,16,17). The molecule has 0 bridgehead atoms. The van der Waals surface area contributed by atoms with Crippen LogP contribution in [0.15, 0.2) is 6.33 Å². The Morgan fingerprint density at radius 2 is 2.29 bits per heavy atom. The van der Waals surface area contributed by atoms with Gasteiger partial charge in [0, 0.05) is 12.5 Å². The van der Waals surface area contributed by atoms with Crippen LogP contribution in [0.3, 0.4) is 0 Å². The zero-order valence-corrected chi connectivity index (χ0v) is 12.5. The normalized spacial score (nSPS) is 21.8. The molecule has 0 radical (unpaired) electrons. The van der Waals surface area contributed by atoms with Gasteiger partial charge in [-0.2, -0.15) is 0 Å². The predicted octanol–water partition coefficient (Wildman–Crippen LogP) is 2.27. The summed E-state index contributed by atoms with van der Waals surface area (Å²) in [7, 11) is 0. The lowest BCUT2D eigenvalue weighted by atomic mass is 10.1. The second-order valence-electron chi connectivity index (χ2n) is 5.40. The third kappa shape index (κ3) is 2.58. The number of aliphatic hydroxyl groups is 1. The van der Waals surface area contributed by atoms with Crippen LogP contribution in [0.4, 0.5) is 5.82 Å². The van der Waals surface area contributed by atoms with E-state index in [2.05, 4.69) is 15.3 Å². The Labute approximate surface area is 125 Å². The maximum Gasteiger partial charge on any atom is 0.346 e. The number of anilines is 1. The van der Waals surface area contributed by atoms with Crippen LogP contribution in [0.2, 0.25) is 0 Å². The van der Waals surface area contributed by atoms with E-state index in [-0.39, 0.29) is 12.0 Å². The molecule has 21 heavy (non-hydrogen) atoms. The van der Waals surface area contributed by atoms with Gasteiger partial charge in [0.05, 0.1) is 11.5 Å². The van der Waals surface area contributed by atoms with Gasteiger partial charge in [-0.15, -0.1) is 11.3 Å². The summed E-state index contributed by atoms with van der Waals surface area (Å²) in [6, 6.07) is 0. The SMILES string of the molecule is Cc1c(C(=O)O)sc2ncnc(NCC3CCCC3O)c12. The van der Waals surface area contributed by atoms with Gasteiger partial charge < -0.3 is 15.5 Å². The number of nitrogens with one attached hydrogen (secondary N) is 1. The van der Waals surface area contributed by atoms with Gasteiger partial charge in [-0.25, -0.2) is 14.8 Å². The van der Waals surface area contributed by atoms with Crippen molar-refractivity contribution < 1.29 is 15.0 Å². The Bertz CT molecular complexity index is 685. The Kier molecular flexibility index (Phi) is 3.77. The van der Waals surface area contributed by atoms with Gasteiger partial charge in [-0.3, -0.25) is 0 Å². The highest BCUT2D eigenvalue weighted by atomic mass is 32.1. The molecule has 2 unspecified atom stereocenters. The fourth-order valence-electron chi connectivity index (χ4n) is 2.89. The molecule has 1 aliphatic carbocycles. The lowest BCUT2D eigenvalue weighted by molar-refractivity contribution is 0.0701. The molecule has 3 N–H and O–H groups in total. The van der Waals surface area contributed by atoms with E-state index >= 15 is 0 Å². The van der Waals surface area contributed by atoms with E-state index in [0.717, 1.165) is 36.0 Å². The summed E-state index contributed by atoms with van der Waals surface area (Å²) in [5.41, 5.74) is 0.692. The van der Waals surface area contributed by atoms with Crippen molar-refractivity contribution in [3.63, 3.8) is 0 Å². The number of nitrogens with zero attached hydrogens (tertiary/aromatic N) is 2. The molecule has 1 fully saturated rings. The second kappa shape index (κ2) is 5.57. The third-order valence-electron chi connectivity index (χ3n) is 4.07. The van der Waals surface area contributed by atoms with E-state index in [0.29, 0.717) is 27.6 Å². The van der Waals surface area contributed by atoms with E-state index < -0.39 is 5.97 Å². The van der Waals surface area contributed by atoms with E-state index in [4.69, 9.17) is 0 Å². The van der Waals surface area contributed by atoms with Crippen molar-refractivity contribution >= 4 is 33.3 Å². The van der Waals surface area contributed by atoms with Crippen molar-refractivity contribution in [2.75, 3.05) is 11.9 Å². The van der Waals surface area contributed by atoms with Crippen LogP contribution in [-0.2, 0) is 0 Å². The minimum Gasteiger partial charge on any atom is -0.477 e. The van der Waals surface area contributed by atoms with Crippen LogP contribution in [0.1, 0.15) is 34.5 Å². The number of carboxylic acids is 1. The minimum absolute atomic E-state index is 0.230. The van der Waals surface area contributed by atoms with E-state index in [9.17, 15) is 15.0 Å². The molecule has 1 aliphatic rings. The van der Waals surface area contributed by atoms with E-state index in [1.807, 2.05) is 0 Å². The number of carbonyl (C=O) groups is 1. The minimum atomic E-state index is -0.937. The van der Waals surface area contributed by atoms with Gasteiger partial charge in [-0.05, 0) is 25.3 Å². The number of hydrogen-bond acceptors (Lipinski definition) is 6. The summed E-state index contributed by atoms with van der Waals surface area (Å²) in [6.07, 6.45) is 4.09. The van der Waals surface area contributed by atoms with Crippen LogP contribution in [0.25, 0.3) is 10.2 Å². The first-order valence-electron chi connectivity index (χ1n) is 6.97. The summed E-state index contributed by atoms with van der Waals surface area (Å²) in [5, 5.41) is 23.1. The van der Waals surface area contributed by atoms with Crippen molar-refractivity contribution in [1.29, 1.82) is 0 Å². The lowest BCUT2D eigenvalue weighted by Crippen LogP contribution is -2.22. The van der Waals surface area contributed by atoms with E-state index in [1.165, 1.54) is 6.33 Å². The number of aliphatic hydroxyl groups excluding tert-OH is 1. The first-order valence-corrected chi connectivity index (χ1v) is 7.79. The topological polar surface area (TPSA) is 95.3 Å². The molecular formula is C14H17N3O3S.